The van der Waals surface area contributed by atoms with Crippen LogP contribution in [-0.2, 0) is 9.47 Å². The van der Waals surface area contributed by atoms with Gasteiger partial charge in [0, 0.05) is 32.7 Å². The fourth-order valence-corrected chi connectivity index (χ4v) is 3.20. The highest BCUT2D eigenvalue weighted by Gasteiger charge is 2.42. The van der Waals surface area contributed by atoms with Crippen molar-refractivity contribution < 1.29 is 9.47 Å². The molecule has 1 aromatic rings. The van der Waals surface area contributed by atoms with E-state index in [0.717, 1.165) is 26.1 Å². The minimum absolute atomic E-state index is 0.00745. The van der Waals surface area contributed by atoms with Gasteiger partial charge in [0.2, 0.25) is 0 Å². The van der Waals surface area contributed by atoms with Crippen molar-refractivity contribution in [3.63, 3.8) is 0 Å². The van der Waals surface area contributed by atoms with Gasteiger partial charge in [0.25, 0.3) is 0 Å². The Hall–Kier alpha value is -0.940. The van der Waals surface area contributed by atoms with E-state index in [0.29, 0.717) is 6.61 Å². The van der Waals surface area contributed by atoms with Crippen molar-refractivity contribution in [3.05, 3.63) is 34.9 Å². The molecule has 1 heterocycles. The molecule has 1 aromatic carbocycles. The number of aryl methyl sites for hydroxylation is 2. The van der Waals surface area contributed by atoms with Gasteiger partial charge in [-0.25, -0.2) is 0 Å². The molecule has 112 valence electrons. The topological polar surface area (TPSA) is 56.5 Å². The van der Waals surface area contributed by atoms with Crippen molar-refractivity contribution in [2.24, 2.45) is 5.84 Å². The van der Waals surface area contributed by atoms with Gasteiger partial charge in [0.05, 0.1) is 11.6 Å². The summed E-state index contributed by atoms with van der Waals surface area (Å²) in [5.41, 5.74) is 6.45. The Morgan fingerprint density at radius 3 is 2.60 bits per heavy atom. The first-order valence-electron chi connectivity index (χ1n) is 7.38. The summed E-state index contributed by atoms with van der Waals surface area (Å²) in [6.45, 7) is 8.40. The quantitative estimate of drug-likeness (QED) is 0.641. The zero-order chi connectivity index (χ0) is 14.6. The summed E-state index contributed by atoms with van der Waals surface area (Å²) in [5.74, 6) is 5.89. The van der Waals surface area contributed by atoms with Gasteiger partial charge in [-0.15, -0.1) is 0 Å². The lowest BCUT2D eigenvalue weighted by molar-refractivity contribution is -0.128. The Labute approximate surface area is 121 Å². The third-order valence-corrected chi connectivity index (χ3v) is 4.20. The predicted molar refractivity (Wildman–Crippen MR) is 80.4 cm³/mol. The first-order chi connectivity index (χ1) is 9.63. The van der Waals surface area contributed by atoms with Crippen LogP contribution in [0, 0.1) is 13.8 Å². The Morgan fingerprint density at radius 1 is 1.35 bits per heavy atom. The van der Waals surface area contributed by atoms with Crippen LogP contribution in [0.1, 0.15) is 42.5 Å². The molecule has 1 fully saturated rings. The molecule has 1 aliphatic heterocycles. The third-order valence-electron chi connectivity index (χ3n) is 4.20. The van der Waals surface area contributed by atoms with Gasteiger partial charge in [-0.05, 0) is 31.9 Å². The van der Waals surface area contributed by atoms with Crippen molar-refractivity contribution in [1.82, 2.24) is 5.43 Å². The average Bonchev–Trinajstić information content (AvgIpc) is 2.43. The molecule has 2 rings (SSSR count). The molecule has 1 unspecified atom stereocenters. The number of benzene rings is 1. The van der Waals surface area contributed by atoms with Crippen LogP contribution in [0.3, 0.4) is 0 Å². The molecule has 3 N–H and O–H groups in total. The molecule has 0 bridgehead atoms. The Morgan fingerprint density at radius 2 is 2.05 bits per heavy atom. The van der Waals surface area contributed by atoms with E-state index in [9.17, 15) is 0 Å². The van der Waals surface area contributed by atoms with Crippen molar-refractivity contribution in [2.75, 3.05) is 19.8 Å². The van der Waals surface area contributed by atoms with Crippen LogP contribution in [0.4, 0.5) is 0 Å². The molecule has 0 radical (unpaired) electrons. The molecular formula is C16H26N2O2. The summed E-state index contributed by atoms with van der Waals surface area (Å²) in [4.78, 5) is 0. The smallest absolute Gasteiger partial charge is 0.0932 e. The van der Waals surface area contributed by atoms with Crippen LogP contribution >= 0.6 is 0 Å². The highest BCUT2D eigenvalue weighted by atomic mass is 16.5. The van der Waals surface area contributed by atoms with E-state index in [4.69, 9.17) is 15.3 Å². The number of ether oxygens (including phenoxy) is 2. The number of rotatable bonds is 5. The summed E-state index contributed by atoms with van der Waals surface area (Å²) in [6, 6.07) is 6.47. The first-order valence-corrected chi connectivity index (χ1v) is 7.38. The number of hydrogen-bond acceptors (Lipinski definition) is 4. The van der Waals surface area contributed by atoms with Crippen molar-refractivity contribution in [3.8, 4) is 0 Å². The van der Waals surface area contributed by atoms with Gasteiger partial charge in [-0.1, -0.05) is 23.8 Å². The highest BCUT2D eigenvalue weighted by Crippen LogP contribution is 2.38. The summed E-state index contributed by atoms with van der Waals surface area (Å²) >= 11 is 0. The lowest BCUT2D eigenvalue weighted by Gasteiger charge is -2.43. The lowest BCUT2D eigenvalue weighted by Crippen LogP contribution is -2.52. The van der Waals surface area contributed by atoms with Crippen molar-refractivity contribution in [1.29, 1.82) is 0 Å². The van der Waals surface area contributed by atoms with Crippen molar-refractivity contribution in [2.45, 2.75) is 45.3 Å². The summed E-state index contributed by atoms with van der Waals surface area (Å²) in [5, 5.41) is 0. The zero-order valence-electron chi connectivity index (χ0n) is 12.7. The van der Waals surface area contributed by atoms with Crippen molar-refractivity contribution >= 4 is 0 Å². The second-order valence-corrected chi connectivity index (χ2v) is 5.57. The number of hydrazine groups is 1. The zero-order valence-corrected chi connectivity index (χ0v) is 12.7. The Balaban J connectivity index is 2.37. The van der Waals surface area contributed by atoms with Crippen LogP contribution < -0.4 is 11.3 Å². The van der Waals surface area contributed by atoms with Gasteiger partial charge in [0.15, 0.2) is 0 Å². The molecule has 1 saturated heterocycles. The Bertz CT molecular complexity index is 437. The van der Waals surface area contributed by atoms with Gasteiger partial charge in [-0.3, -0.25) is 11.3 Å². The molecule has 1 atom stereocenters. The van der Waals surface area contributed by atoms with Crippen LogP contribution in [0.5, 0.6) is 0 Å². The van der Waals surface area contributed by atoms with E-state index in [-0.39, 0.29) is 11.6 Å². The molecule has 0 amide bonds. The molecule has 0 aromatic heterocycles. The van der Waals surface area contributed by atoms with Gasteiger partial charge < -0.3 is 9.47 Å². The van der Waals surface area contributed by atoms with E-state index in [1.807, 2.05) is 6.92 Å². The van der Waals surface area contributed by atoms with E-state index in [1.54, 1.807) is 0 Å². The normalized spacial score (nSPS) is 19.8. The maximum absolute atomic E-state index is 6.14. The fraction of sp³-hybridized carbons (Fsp3) is 0.625. The minimum Gasteiger partial charge on any atom is -0.381 e. The SMILES string of the molecule is CCOC1(C(NN)c2ccc(C)cc2C)CCOCC1. The van der Waals surface area contributed by atoms with E-state index in [1.165, 1.54) is 16.7 Å². The van der Waals surface area contributed by atoms with E-state index in [2.05, 4.69) is 37.5 Å². The molecular weight excluding hydrogens is 252 g/mol. The first kappa shape index (κ1) is 15.4. The largest absolute Gasteiger partial charge is 0.381 e. The fourth-order valence-electron chi connectivity index (χ4n) is 3.20. The predicted octanol–water partition coefficient (Wildman–Crippen LogP) is 2.39. The standard InChI is InChI=1S/C16H26N2O2/c1-4-20-16(7-9-19-10-8-16)15(18-17)14-6-5-12(2)11-13(14)3/h5-6,11,15,18H,4,7-10,17H2,1-3H3. The highest BCUT2D eigenvalue weighted by molar-refractivity contribution is 5.34. The summed E-state index contributed by atoms with van der Waals surface area (Å²) in [6.07, 6.45) is 1.73. The maximum atomic E-state index is 6.14. The molecule has 20 heavy (non-hydrogen) atoms. The van der Waals surface area contributed by atoms with Crippen LogP contribution in [-0.4, -0.2) is 25.4 Å². The number of nitrogens with one attached hydrogen (secondary N) is 1. The van der Waals surface area contributed by atoms with Crippen LogP contribution in [0.2, 0.25) is 0 Å². The molecule has 4 heteroatoms. The van der Waals surface area contributed by atoms with Gasteiger partial charge in [-0.2, -0.15) is 0 Å². The molecule has 0 spiro atoms. The maximum Gasteiger partial charge on any atom is 0.0932 e. The average molecular weight is 278 g/mol. The minimum atomic E-state index is -0.276. The molecule has 0 saturated carbocycles. The molecule has 0 aliphatic carbocycles. The number of hydrogen-bond donors (Lipinski definition) is 2. The van der Waals surface area contributed by atoms with Gasteiger partial charge >= 0.3 is 0 Å². The Kier molecular flexibility index (Phi) is 5.16. The second kappa shape index (κ2) is 6.68. The lowest BCUT2D eigenvalue weighted by atomic mass is 9.80. The summed E-state index contributed by atoms with van der Waals surface area (Å²) < 4.78 is 11.6. The third kappa shape index (κ3) is 3.04. The second-order valence-electron chi connectivity index (χ2n) is 5.57. The van der Waals surface area contributed by atoms with E-state index >= 15 is 0 Å². The monoisotopic (exact) mass is 278 g/mol. The molecule has 1 aliphatic rings. The van der Waals surface area contributed by atoms with E-state index < -0.39 is 0 Å². The molecule has 4 nitrogen and oxygen atoms in total. The van der Waals surface area contributed by atoms with Gasteiger partial charge in [0.1, 0.15) is 0 Å². The summed E-state index contributed by atoms with van der Waals surface area (Å²) in [7, 11) is 0. The number of nitrogens with two attached hydrogens (primary N) is 1. The van der Waals surface area contributed by atoms with Crippen LogP contribution in [0.15, 0.2) is 18.2 Å². The van der Waals surface area contributed by atoms with Crippen LogP contribution in [0.25, 0.3) is 0 Å².